The minimum Gasteiger partial charge on any atom is -0.545 e. The van der Waals surface area contributed by atoms with Crippen molar-refractivity contribution in [2.45, 2.75) is 31.7 Å². The van der Waals surface area contributed by atoms with E-state index in [1.807, 2.05) is 0 Å². The van der Waals surface area contributed by atoms with Gasteiger partial charge < -0.3 is 19.5 Å². The SMILES string of the molecule is COC(=O)C1=CN(C2CCCC2)C(=O)/C1=C\c1ccc(C(=O)[O-])cc1. The zero-order valence-corrected chi connectivity index (χ0v) is 13.9. The summed E-state index contributed by atoms with van der Waals surface area (Å²) in [5.41, 5.74) is 1.16. The highest BCUT2D eigenvalue weighted by Gasteiger charge is 2.37. The summed E-state index contributed by atoms with van der Waals surface area (Å²) >= 11 is 0. The molecule has 1 heterocycles. The maximum atomic E-state index is 12.8. The third-order valence-corrected chi connectivity index (χ3v) is 4.60. The molecule has 0 atom stereocenters. The van der Waals surface area contributed by atoms with Crippen molar-refractivity contribution in [3.8, 4) is 0 Å². The van der Waals surface area contributed by atoms with Crippen LogP contribution in [0.5, 0.6) is 0 Å². The van der Waals surface area contributed by atoms with Crippen LogP contribution in [0.3, 0.4) is 0 Å². The van der Waals surface area contributed by atoms with Gasteiger partial charge in [0.15, 0.2) is 0 Å². The zero-order valence-electron chi connectivity index (χ0n) is 13.9. The predicted molar refractivity (Wildman–Crippen MR) is 88.0 cm³/mol. The molecule has 0 spiro atoms. The van der Waals surface area contributed by atoms with Crippen LogP contribution in [0, 0.1) is 0 Å². The first-order valence-electron chi connectivity index (χ1n) is 8.17. The van der Waals surface area contributed by atoms with Crippen LogP contribution >= 0.6 is 0 Å². The van der Waals surface area contributed by atoms with E-state index in [4.69, 9.17) is 4.74 Å². The molecule has 1 amide bonds. The van der Waals surface area contributed by atoms with E-state index in [1.165, 1.54) is 19.2 Å². The van der Waals surface area contributed by atoms with Gasteiger partial charge >= 0.3 is 5.97 Å². The van der Waals surface area contributed by atoms with Crippen LogP contribution in [0.15, 0.2) is 41.6 Å². The molecule has 1 aliphatic carbocycles. The molecule has 1 aliphatic heterocycles. The summed E-state index contributed by atoms with van der Waals surface area (Å²) in [5, 5.41) is 10.8. The minimum absolute atomic E-state index is 0.0521. The number of methoxy groups -OCH3 is 1. The lowest BCUT2D eigenvalue weighted by molar-refractivity contribution is -0.255. The number of esters is 1. The average molecular weight is 340 g/mol. The number of hydrogen-bond donors (Lipinski definition) is 0. The molecule has 0 bridgehead atoms. The molecular weight excluding hydrogens is 322 g/mol. The number of nitrogens with zero attached hydrogens (tertiary/aromatic N) is 1. The van der Waals surface area contributed by atoms with Gasteiger partial charge in [0.05, 0.1) is 24.2 Å². The third kappa shape index (κ3) is 3.33. The van der Waals surface area contributed by atoms with E-state index in [0.29, 0.717) is 5.56 Å². The van der Waals surface area contributed by atoms with Gasteiger partial charge in [0.1, 0.15) is 0 Å². The molecular formula is C19H18NO5-. The van der Waals surface area contributed by atoms with Crippen LogP contribution in [-0.4, -0.2) is 35.9 Å². The van der Waals surface area contributed by atoms with Crippen molar-refractivity contribution < 1.29 is 24.2 Å². The zero-order chi connectivity index (χ0) is 18.0. The Morgan fingerprint density at radius 2 is 1.84 bits per heavy atom. The maximum Gasteiger partial charge on any atom is 0.340 e. The van der Waals surface area contributed by atoms with E-state index in [1.54, 1.807) is 29.3 Å². The summed E-state index contributed by atoms with van der Waals surface area (Å²) in [6.07, 6.45) is 7.14. The number of rotatable bonds is 4. The molecule has 1 saturated carbocycles. The van der Waals surface area contributed by atoms with Gasteiger partial charge in [0, 0.05) is 12.2 Å². The van der Waals surface area contributed by atoms with Gasteiger partial charge in [-0.15, -0.1) is 0 Å². The lowest BCUT2D eigenvalue weighted by Gasteiger charge is -2.21. The first-order chi connectivity index (χ1) is 12.0. The second-order valence-corrected chi connectivity index (χ2v) is 6.15. The van der Waals surface area contributed by atoms with Crippen LogP contribution in [0.1, 0.15) is 41.6 Å². The molecule has 0 N–H and O–H groups in total. The molecule has 130 valence electrons. The highest BCUT2D eigenvalue weighted by molar-refractivity contribution is 6.15. The monoisotopic (exact) mass is 340 g/mol. The van der Waals surface area contributed by atoms with Gasteiger partial charge in [0.25, 0.3) is 5.91 Å². The molecule has 0 saturated heterocycles. The number of amides is 1. The summed E-state index contributed by atoms with van der Waals surface area (Å²) in [6.45, 7) is 0. The van der Waals surface area contributed by atoms with Gasteiger partial charge in [-0.05, 0) is 30.0 Å². The molecule has 0 aromatic heterocycles. The van der Waals surface area contributed by atoms with Crippen LogP contribution in [0.4, 0.5) is 0 Å². The molecule has 2 aliphatic rings. The van der Waals surface area contributed by atoms with Gasteiger partial charge in [-0.25, -0.2) is 4.79 Å². The largest absolute Gasteiger partial charge is 0.545 e. The fourth-order valence-corrected chi connectivity index (χ4v) is 3.27. The van der Waals surface area contributed by atoms with E-state index in [9.17, 15) is 19.5 Å². The quantitative estimate of drug-likeness (QED) is 0.609. The number of carbonyl (C=O) groups is 3. The molecule has 6 heteroatoms. The Hall–Kier alpha value is -2.89. The van der Waals surface area contributed by atoms with Gasteiger partial charge in [-0.2, -0.15) is 0 Å². The Morgan fingerprint density at radius 3 is 2.40 bits per heavy atom. The Kier molecular flexibility index (Phi) is 4.70. The van der Waals surface area contributed by atoms with Crippen molar-refractivity contribution in [1.29, 1.82) is 0 Å². The van der Waals surface area contributed by atoms with Crippen LogP contribution in [0.2, 0.25) is 0 Å². The van der Waals surface area contributed by atoms with Crippen molar-refractivity contribution in [3.05, 3.63) is 52.7 Å². The van der Waals surface area contributed by atoms with E-state index in [2.05, 4.69) is 0 Å². The molecule has 1 aromatic carbocycles. The third-order valence-electron chi connectivity index (χ3n) is 4.60. The number of carboxylic acid groups (broad SMARTS) is 1. The van der Waals surface area contributed by atoms with Crippen molar-refractivity contribution >= 4 is 23.9 Å². The minimum atomic E-state index is -1.27. The predicted octanol–water partition coefficient (Wildman–Crippen LogP) is 1.28. The Balaban J connectivity index is 1.94. The molecule has 0 radical (unpaired) electrons. The number of ether oxygens (including phenoxy) is 1. The average Bonchev–Trinajstić information content (AvgIpc) is 3.24. The first kappa shape index (κ1) is 17.0. The number of benzene rings is 1. The number of aromatic carboxylic acids is 1. The van der Waals surface area contributed by atoms with Gasteiger partial charge in [-0.3, -0.25) is 4.79 Å². The highest BCUT2D eigenvalue weighted by Crippen LogP contribution is 2.32. The van der Waals surface area contributed by atoms with E-state index < -0.39 is 11.9 Å². The lowest BCUT2D eigenvalue weighted by atomic mass is 10.0. The second kappa shape index (κ2) is 6.93. The summed E-state index contributed by atoms with van der Waals surface area (Å²) in [5.74, 6) is -2.05. The fourth-order valence-electron chi connectivity index (χ4n) is 3.27. The Labute approximate surface area is 145 Å². The second-order valence-electron chi connectivity index (χ2n) is 6.15. The molecule has 0 unspecified atom stereocenters. The van der Waals surface area contributed by atoms with Crippen molar-refractivity contribution in [3.63, 3.8) is 0 Å². The summed E-state index contributed by atoms with van der Waals surface area (Å²) in [6, 6.07) is 6.05. The normalized spacial score (nSPS) is 19.4. The summed E-state index contributed by atoms with van der Waals surface area (Å²) < 4.78 is 4.80. The topological polar surface area (TPSA) is 86.7 Å². The van der Waals surface area contributed by atoms with Crippen molar-refractivity contribution in [1.82, 2.24) is 4.90 Å². The highest BCUT2D eigenvalue weighted by atomic mass is 16.5. The Bertz CT molecular complexity index is 770. The van der Waals surface area contributed by atoms with E-state index >= 15 is 0 Å². The number of carboxylic acids is 1. The smallest absolute Gasteiger partial charge is 0.340 e. The maximum absolute atomic E-state index is 12.8. The van der Waals surface area contributed by atoms with E-state index in [-0.39, 0.29) is 28.7 Å². The molecule has 6 nitrogen and oxygen atoms in total. The standard InChI is InChI=1S/C19H19NO5/c1-25-19(24)16-11-20(14-4-2-3-5-14)17(21)15(16)10-12-6-8-13(9-7-12)18(22)23/h6-11,14H,2-5H2,1H3,(H,22,23)/p-1/b15-10-. The van der Waals surface area contributed by atoms with Gasteiger partial charge in [0.2, 0.25) is 0 Å². The van der Waals surface area contributed by atoms with Crippen LogP contribution in [-0.2, 0) is 14.3 Å². The van der Waals surface area contributed by atoms with Crippen LogP contribution in [0.25, 0.3) is 6.08 Å². The lowest BCUT2D eigenvalue weighted by Crippen LogP contribution is -2.31. The van der Waals surface area contributed by atoms with Gasteiger partial charge in [-0.1, -0.05) is 37.1 Å². The molecule has 3 rings (SSSR count). The van der Waals surface area contributed by atoms with Crippen molar-refractivity contribution in [2.24, 2.45) is 0 Å². The number of carbonyl (C=O) groups excluding carboxylic acids is 3. The van der Waals surface area contributed by atoms with Crippen LogP contribution < -0.4 is 5.11 Å². The fraction of sp³-hybridized carbons (Fsp3) is 0.316. The summed E-state index contributed by atoms with van der Waals surface area (Å²) in [7, 11) is 1.28. The molecule has 25 heavy (non-hydrogen) atoms. The molecule has 1 aromatic rings. The number of hydrogen-bond acceptors (Lipinski definition) is 5. The molecule has 1 fully saturated rings. The van der Waals surface area contributed by atoms with E-state index in [0.717, 1.165) is 25.7 Å². The Morgan fingerprint density at radius 1 is 1.20 bits per heavy atom. The summed E-state index contributed by atoms with van der Waals surface area (Å²) in [4.78, 5) is 37.3. The first-order valence-corrected chi connectivity index (χ1v) is 8.17. The van der Waals surface area contributed by atoms with Crippen molar-refractivity contribution in [2.75, 3.05) is 7.11 Å².